The van der Waals surface area contributed by atoms with Crippen molar-refractivity contribution in [3.8, 4) is 6.07 Å². The first kappa shape index (κ1) is 16.2. The van der Waals surface area contributed by atoms with Crippen molar-refractivity contribution >= 4 is 21.6 Å². The van der Waals surface area contributed by atoms with Crippen molar-refractivity contribution in [1.82, 2.24) is 9.62 Å². The van der Waals surface area contributed by atoms with Crippen LogP contribution in [0.3, 0.4) is 0 Å². The second-order valence-corrected chi connectivity index (χ2v) is 7.81. The molecule has 1 heterocycles. The first-order valence-electron chi connectivity index (χ1n) is 6.71. The predicted octanol–water partition coefficient (Wildman–Crippen LogP) is 1.97. The van der Waals surface area contributed by atoms with E-state index in [-0.39, 0.29) is 21.0 Å². The van der Waals surface area contributed by atoms with Gasteiger partial charge in [-0.25, -0.2) is 8.42 Å². The third-order valence-electron chi connectivity index (χ3n) is 4.13. The molecule has 1 aliphatic rings. The van der Waals surface area contributed by atoms with Crippen LogP contribution in [0.4, 0.5) is 0 Å². The number of sulfonamides is 1. The molecule has 1 aromatic rings. The molecule has 21 heavy (non-hydrogen) atoms. The minimum Gasteiger partial charge on any atom is -0.314 e. The van der Waals surface area contributed by atoms with E-state index >= 15 is 0 Å². The highest BCUT2D eigenvalue weighted by Gasteiger charge is 2.34. The summed E-state index contributed by atoms with van der Waals surface area (Å²) >= 11 is 5.93. The van der Waals surface area contributed by atoms with Crippen LogP contribution in [0.15, 0.2) is 23.1 Å². The van der Waals surface area contributed by atoms with Gasteiger partial charge in [0.15, 0.2) is 0 Å². The number of halogens is 1. The van der Waals surface area contributed by atoms with Crippen molar-refractivity contribution in [2.75, 3.05) is 20.1 Å². The van der Waals surface area contributed by atoms with E-state index in [9.17, 15) is 8.42 Å². The van der Waals surface area contributed by atoms with Gasteiger partial charge in [0, 0.05) is 18.6 Å². The Morgan fingerprint density at radius 1 is 1.38 bits per heavy atom. The van der Waals surface area contributed by atoms with Gasteiger partial charge in [-0.3, -0.25) is 0 Å². The van der Waals surface area contributed by atoms with Gasteiger partial charge in [-0.2, -0.15) is 9.57 Å². The Balaban J connectivity index is 2.24. The van der Waals surface area contributed by atoms with Gasteiger partial charge >= 0.3 is 0 Å². The molecule has 1 aromatic carbocycles. The van der Waals surface area contributed by atoms with Crippen molar-refractivity contribution in [1.29, 1.82) is 5.26 Å². The molecule has 7 heteroatoms. The second kappa shape index (κ2) is 5.93. The van der Waals surface area contributed by atoms with E-state index in [1.54, 1.807) is 0 Å². The first-order chi connectivity index (χ1) is 9.82. The van der Waals surface area contributed by atoms with Gasteiger partial charge in [0.25, 0.3) is 0 Å². The van der Waals surface area contributed by atoms with Crippen LogP contribution in [-0.2, 0) is 10.0 Å². The van der Waals surface area contributed by atoms with Crippen molar-refractivity contribution in [3.05, 3.63) is 28.8 Å². The molecule has 0 unspecified atom stereocenters. The Bertz CT molecular complexity index is 674. The van der Waals surface area contributed by atoms with Crippen LogP contribution in [0.5, 0.6) is 0 Å². The number of piperidine rings is 1. The highest BCUT2D eigenvalue weighted by molar-refractivity contribution is 7.89. The third kappa shape index (κ3) is 3.22. The predicted molar refractivity (Wildman–Crippen MR) is 81.6 cm³/mol. The summed E-state index contributed by atoms with van der Waals surface area (Å²) in [5.74, 6) is 0. The van der Waals surface area contributed by atoms with Crippen LogP contribution in [-0.4, -0.2) is 38.4 Å². The normalized spacial score (nSPS) is 19.1. The van der Waals surface area contributed by atoms with Crippen LogP contribution in [0.25, 0.3) is 0 Å². The van der Waals surface area contributed by atoms with Gasteiger partial charge in [0.1, 0.15) is 6.07 Å². The van der Waals surface area contributed by atoms with Crippen molar-refractivity contribution in [3.63, 3.8) is 0 Å². The number of rotatable bonds is 3. The highest BCUT2D eigenvalue weighted by atomic mass is 35.5. The van der Waals surface area contributed by atoms with Gasteiger partial charge in [0.2, 0.25) is 10.0 Å². The highest BCUT2D eigenvalue weighted by Crippen LogP contribution is 2.28. The molecule has 0 radical (unpaired) electrons. The molecular weight excluding hydrogens is 310 g/mol. The number of hydrogen-bond acceptors (Lipinski definition) is 4. The van der Waals surface area contributed by atoms with E-state index in [0.29, 0.717) is 13.1 Å². The van der Waals surface area contributed by atoms with Crippen LogP contribution < -0.4 is 5.32 Å². The van der Waals surface area contributed by atoms with E-state index in [2.05, 4.69) is 12.2 Å². The number of nitriles is 1. The fraction of sp³-hybridized carbons (Fsp3) is 0.500. The third-order valence-corrected chi connectivity index (χ3v) is 6.34. The summed E-state index contributed by atoms with van der Waals surface area (Å²) in [4.78, 5) is 0.138. The maximum absolute atomic E-state index is 12.6. The fourth-order valence-corrected chi connectivity index (χ4v) is 4.12. The maximum atomic E-state index is 12.6. The molecule has 0 spiro atoms. The van der Waals surface area contributed by atoms with Crippen molar-refractivity contribution < 1.29 is 8.42 Å². The van der Waals surface area contributed by atoms with Crippen LogP contribution in [0.2, 0.25) is 5.02 Å². The van der Waals surface area contributed by atoms with E-state index < -0.39 is 10.0 Å². The van der Waals surface area contributed by atoms with Crippen LogP contribution in [0, 0.1) is 11.3 Å². The lowest BCUT2D eigenvalue weighted by Gasteiger charge is -2.38. The van der Waals surface area contributed by atoms with E-state index in [0.717, 1.165) is 12.8 Å². The van der Waals surface area contributed by atoms with Gasteiger partial charge in [0.05, 0.1) is 15.5 Å². The zero-order valence-corrected chi connectivity index (χ0v) is 13.6. The van der Waals surface area contributed by atoms with Crippen LogP contribution >= 0.6 is 11.6 Å². The van der Waals surface area contributed by atoms with Gasteiger partial charge in [-0.1, -0.05) is 11.6 Å². The molecule has 0 aromatic heterocycles. The largest absolute Gasteiger partial charge is 0.314 e. The van der Waals surface area contributed by atoms with E-state index in [1.807, 2.05) is 13.1 Å². The van der Waals surface area contributed by atoms with Crippen LogP contribution in [0.1, 0.15) is 25.3 Å². The quantitative estimate of drug-likeness (QED) is 0.921. The standard InChI is InChI=1S/C14H18ClN3O2S/c1-14(17-2)5-7-18(8-6-14)21(19,20)12-4-3-11(10-16)13(15)9-12/h3-4,9,17H,5-8H2,1-2H3. The zero-order chi connectivity index (χ0) is 15.7. The smallest absolute Gasteiger partial charge is 0.243 e. The first-order valence-corrected chi connectivity index (χ1v) is 8.53. The Kier molecular flexibility index (Phi) is 4.59. The Labute approximate surface area is 130 Å². The monoisotopic (exact) mass is 327 g/mol. The SMILES string of the molecule is CNC1(C)CCN(S(=O)(=O)c2ccc(C#N)c(Cl)c2)CC1. The number of hydrogen-bond donors (Lipinski definition) is 1. The van der Waals surface area contributed by atoms with Crippen molar-refractivity contribution in [2.24, 2.45) is 0 Å². The van der Waals surface area contributed by atoms with Gasteiger partial charge < -0.3 is 5.32 Å². The zero-order valence-electron chi connectivity index (χ0n) is 12.1. The lowest BCUT2D eigenvalue weighted by atomic mass is 9.91. The summed E-state index contributed by atoms with van der Waals surface area (Å²) in [6, 6.07) is 6.15. The number of nitrogens with zero attached hydrogens (tertiary/aromatic N) is 2. The Hall–Kier alpha value is -1.13. The summed E-state index contributed by atoms with van der Waals surface area (Å²) in [6.07, 6.45) is 1.51. The second-order valence-electron chi connectivity index (χ2n) is 5.47. The topological polar surface area (TPSA) is 73.2 Å². The molecule has 2 rings (SSSR count). The van der Waals surface area contributed by atoms with E-state index in [4.69, 9.17) is 16.9 Å². The van der Waals surface area contributed by atoms with Gasteiger partial charge in [-0.05, 0) is 45.0 Å². The average Bonchev–Trinajstić information content (AvgIpc) is 2.47. The molecule has 114 valence electrons. The fourth-order valence-electron chi connectivity index (χ4n) is 2.37. The molecule has 0 amide bonds. The van der Waals surface area contributed by atoms with Crippen molar-refractivity contribution in [2.45, 2.75) is 30.2 Å². The minimum absolute atomic E-state index is 0.0195. The Morgan fingerprint density at radius 3 is 2.48 bits per heavy atom. The van der Waals surface area contributed by atoms with E-state index in [1.165, 1.54) is 22.5 Å². The summed E-state index contributed by atoms with van der Waals surface area (Å²) in [6.45, 7) is 3.03. The molecule has 0 atom stereocenters. The number of nitrogens with one attached hydrogen (secondary N) is 1. The molecule has 1 saturated heterocycles. The molecule has 0 bridgehead atoms. The molecule has 5 nitrogen and oxygen atoms in total. The number of benzene rings is 1. The minimum atomic E-state index is -3.56. The maximum Gasteiger partial charge on any atom is 0.243 e. The molecule has 1 fully saturated rings. The molecular formula is C14H18ClN3O2S. The lowest BCUT2D eigenvalue weighted by molar-refractivity contribution is 0.219. The Morgan fingerprint density at radius 2 is 2.00 bits per heavy atom. The molecule has 1 aliphatic heterocycles. The summed E-state index contributed by atoms with van der Waals surface area (Å²) in [5.41, 5.74) is 0.256. The summed E-state index contributed by atoms with van der Waals surface area (Å²) in [7, 11) is -1.66. The van der Waals surface area contributed by atoms with Gasteiger partial charge in [-0.15, -0.1) is 0 Å². The summed E-state index contributed by atoms with van der Waals surface area (Å²) in [5, 5.41) is 12.2. The molecule has 0 saturated carbocycles. The average molecular weight is 328 g/mol. The lowest BCUT2D eigenvalue weighted by Crippen LogP contribution is -2.51. The molecule has 1 N–H and O–H groups in total. The summed E-state index contributed by atoms with van der Waals surface area (Å²) < 4.78 is 26.7. The molecule has 0 aliphatic carbocycles.